The first kappa shape index (κ1) is 33.2. The molecule has 0 amide bonds. The van der Waals surface area contributed by atoms with E-state index in [1.54, 1.807) is 37.6 Å². The molecule has 13 heteroatoms. The molecular formula is C37H39FN8O4. The standard InChI is InChI=1S/C37H39FN8O4/c1-22-17-44(27-20-50-21-27)10-11-45(22)26-6-7-32(40-16-26)42-31-13-24(18-43(5)35(31)48)28-8-9-39-34(29(28)19-47)46-36(49)33-23(15-41-46)12-25(14-30(33)38)37(2,3)4/h6-9,12-16,18-19,22,27H,10-11,17,20-21H2,1-5H3,(H,40,42). The van der Waals surface area contributed by atoms with Crippen LogP contribution in [-0.2, 0) is 17.2 Å². The summed E-state index contributed by atoms with van der Waals surface area (Å²) < 4.78 is 23.1. The maximum atomic E-state index is 15.4. The summed E-state index contributed by atoms with van der Waals surface area (Å²) in [6, 6.07) is 11.0. The van der Waals surface area contributed by atoms with E-state index in [2.05, 4.69) is 37.1 Å². The Balaban J connectivity index is 1.18. The van der Waals surface area contributed by atoms with Gasteiger partial charge in [0.1, 0.15) is 17.3 Å². The number of nitrogens with one attached hydrogen (secondary N) is 1. The predicted octanol–water partition coefficient (Wildman–Crippen LogP) is 4.44. The zero-order chi connectivity index (χ0) is 35.3. The largest absolute Gasteiger partial charge is 0.378 e. The third-order valence-corrected chi connectivity index (χ3v) is 9.63. The van der Waals surface area contributed by atoms with Gasteiger partial charge in [-0.15, -0.1) is 0 Å². The number of benzene rings is 1. The smallest absolute Gasteiger partial charge is 0.283 e. The number of ether oxygens (including phenoxy) is 1. The van der Waals surface area contributed by atoms with Crippen LogP contribution < -0.4 is 21.3 Å². The molecule has 0 spiro atoms. The summed E-state index contributed by atoms with van der Waals surface area (Å²) in [6.07, 6.45) is 6.81. The van der Waals surface area contributed by atoms with Crippen molar-refractivity contribution in [1.82, 2.24) is 29.2 Å². The van der Waals surface area contributed by atoms with Gasteiger partial charge in [-0.3, -0.25) is 19.3 Å². The fourth-order valence-corrected chi connectivity index (χ4v) is 6.67. The summed E-state index contributed by atoms with van der Waals surface area (Å²) in [4.78, 5) is 53.2. The van der Waals surface area contributed by atoms with E-state index in [0.717, 1.165) is 48.8 Å². The summed E-state index contributed by atoms with van der Waals surface area (Å²) >= 11 is 0. The van der Waals surface area contributed by atoms with Gasteiger partial charge in [0.25, 0.3) is 11.1 Å². The zero-order valence-corrected chi connectivity index (χ0v) is 28.7. The molecular weight excluding hydrogens is 639 g/mol. The van der Waals surface area contributed by atoms with Crippen molar-refractivity contribution in [2.45, 2.75) is 45.2 Å². The lowest BCUT2D eigenvalue weighted by atomic mass is 9.86. The highest BCUT2D eigenvalue weighted by Gasteiger charge is 2.32. The van der Waals surface area contributed by atoms with Gasteiger partial charge in [-0.1, -0.05) is 20.8 Å². The summed E-state index contributed by atoms with van der Waals surface area (Å²) in [5.41, 5.74) is 1.56. The Morgan fingerprint density at radius 1 is 1.02 bits per heavy atom. The monoisotopic (exact) mass is 678 g/mol. The second-order valence-corrected chi connectivity index (χ2v) is 14.1. The van der Waals surface area contributed by atoms with Gasteiger partial charge in [0.05, 0.1) is 48.3 Å². The number of rotatable bonds is 7. The zero-order valence-electron chi connectivity index (χ0n) is 28.7. The summed E-state index contributed by atoms with van der Waals surface area (Å²) in [6.45, 7) is 12.5. The van der Waals surface area contributed by atoms with E-state index < -0.39 is 11.4 Å². The molecule has 0 aliphatic carbocycles. The minimum atomic E-state index is -0.741. The molecule has 2 saturated heterocycles. The number of aryl methyl sites for hydroxylation is 1. The van der Waals surface area contributed by atoms with Gasteiger partial charge in [0, 0.05) is 56.1 Å². The van der Waals surface area contributed by atoms with Crippen molar-refractivity contribution in [1.29, 1.82) is 0 Å². The lowest BCUT2D eigenvalue weighted by Gasteiger charge is -2.46. The molecule has 5 aromatic rings. The molecule has 0 saturated carbocycles. The van der Waals surface area contributed by atoms with Crippen LogP contribution in [0.25, 0.3) is 27.7 Å². The van der Waals surface area contributed by atoms with Crippen LogP contribution in [0.15, 0.2) is 70.8 Å². The molecule has 2 fully saturated rings. The maximum absolute atomic E-state index is 15.4. The third kappa shape index (κ3) is 6.07. The van der Waals surface area contributed by atoms with Gasteiger partial charge in [-0.25, -0.2) is 14.4 Å². The fraction of sp³-hybridized carbons (Fsp3) is 0.351. The number of hydrogen-bond acceptors (Lipinski definition) is 10. The molecule has 2 aliphatic rings. The molecule has 0 radical (unpaired) electrons. The lowest BCUT2D eigenvalue weighted by Crippen LogP contribution is -2.59. The summed E-state index contributed by atoms with van der Waals surface area (Å²) in [5.74, 6) is -0.250. The van der Waals surface area contributed by atoms with Crippen LogP contribution in [-0.4, -0.2) is 80.4 Å². The Labute approximate surface area is 288 Å². The molecule has 1 unspecified atom stereocenters. The first-order valence-electron chi connectivity index (χ1n) is 16.6. The Morgan fingerprint density at radius 3 is 2.48 bits per heavy atom. The SMILES string of the molecule is CC1CN(C2COC2)CCN1c1ccc(Nc2cc(-c3ccnc(-n4ncc5cc(C(C)(C)C)cc(F)c5c4=O)c3C=O)cn(C)c2=O)nc1. The first-order valence-corrected chi connectivity index (χ1v) is 16.6. The average Bonchev–Trinajstić information content (AvgIpc) is 3.05. The van der Waals surface area contributed by atoms with Crippen molar-refractivity contribution in [2.24, 2.45) is 7.05 Å². The molecule has 2 aliphatic heterocycles. The maximum Gasteiger partial charge on any atom is 0.283 e. The van der Waals surface area contributed by atoms with E-state index >= 15 is 4.39 Å². The van der Waals surface area contributed by atoms with Gasteiger partial charge in [0.2, 0.25) is 0 Å². The molecule has 50 heavy (non-hydrogen) atoms. The van der Waals surface area contributed by atoms with Gasteiger partial charge in [-0.05, 0) is 59.9 Å². The fourth-order valence-electron chi connectivity index (χ4n) is 6.67. The normalized spacial score (nSPS) is 17.2. The number of aromatic nitrogens is 5. The number of piperazine rings is 1. The number of aldehydes is 1. The topological polar surface area (TPSA) is 127 Å². The molecule has 258 valence electrons. The Hall–Kier alpha value is -5.27. The molecule has 6 heterocycles. The molecule has 1 aromatic carbocycles. The van der Waals surface area contributed by atoms with E-state index in [-0.39, 0.29) is 33.4 Å². The predicted molar refractivity (Wildman–Crippen MR) is 190 cm³/mol. The molecule has 4 aromatic heterocycles. The average molecular weight is 679 g/mol. The van der Waals surface area contributed by atoms with Crippen LogP contribution in [0.3, 0.4) is 0 Å². The van der Waals surface area contributed by atoms with Gasteiger partial charge in [-0.2, -0.15) is 9.78 Å². The van der Waals surface area contributed by atoms with Crippen LogP contribution in [0.4, 0.5) is 21.6 Å². The van der Waals surface area contributed by atoms with Crippen molar-refractivity contribution < 1.29 is 13.9 Å². The van der Waals surface area contributed by atoms with E-state index in [4.69, 9.17) is 4.74 Å². The van der Waals surface area contributed by atoms with Crippen molar-refractivity contribution in [3.8, 4) is 16.9 Å². The number of anilines is 3. The van der Waals surface area contributed by atoms with E-state index in [1.807, 2.05) is 32.9 Å². The molecule has 1 atom stereocenters. The Morgan fingerprint density at radius 2 is 1.82 bits per heavy atom. The Kier molecular flexibility index (Phi) is 8.56. The summed E-state index contributed by atoms with van der Waals surface area (Å²) in [5, 5.41) is 7.63. The second-order valence-electron chi connectivity index (χ2n) is 14.1. The highest BCUT2D eigenvalue weighted by Crippen LogP contribution is 2.30. The number of carbonyl (C=O) groups excluding carboxylic acids is 1. The highest BCUT2D eigenvalue weighted by atomic mass is 19.1. The van der Waals surface area contributed by atoms with E-state index in [1.165, 1.54) is 23.0 Å². The van der Waals surface area contributed by atoms with Crippen molar-refractivity contribution in [3.63, 3.8) is 0 Å². The van der Waals surface area contributed by atoms with Crippen molar-refractivity contribution >= 4 is 34.3 Å². The Bertz CT molecular complexity index is 2220. The second kappa shape index (κ2) is 12.9. The third-order valence-electron chi connectivity index (χ3n) is 9.63. The van der Waals surface area contributed by atoms with Crippen LogP contribution in [0, 0.1) is 5.82 Å². The molecule has 12 nitrogen and oxygen atoms in total. The highest BCUT2D eigenvalue weighted by molar-refractivity contribution is 5.92. The lowest BCUT2D eigenvalue weighted by molar-refractivity contribution is -0.0691. The minimum Gasteiger partial charge on any atom is -0.378 e. The summed E-state index contributed by atoms with van der Waals surface area (Å²) in [7, 11) is 1.61. The number of halogens is 1. The number of carbonyl (C=O) groups is 1. The van der Waals surface area contributed by atoms with Crippen molar-refractivity contribution in [3.05, 3.63) is 98.8 Å². The number of hydrogen-bond donors (Lipinski definition) is 1. The van der Waals surface area contributed by atoms with Crippen molar-refractivity contribution in [2.75, 3.05) is 43.1 Å². The molecule has 1 N–H and O–H groups in total. The van der Waals surface area contributed by atoms with Crippen LogP contribution in [0.2, 0.25) is 0 Å². The van der Waals surface area contributed by atoms with Gasteiger partial charge < -0.3 is 19.5 Å². The number of fused-ring (bicyclic) bond motifs is 1. The quantitative estimate of drug-likeness (QED) is 0.247. The van der Waals surface area contributed by atoms with E-state index in [9.17, 15) is 14.4 Å². The van der Waals surface area contributed by atoms with Crippen LogP contribution in [0.5, 0.6) is 0 Å². The minimum absolute atomic E-state index is 0.0549. The molecule has 7 rings (SSSR count). The number of nitrogens with zero attached hydrogens (tertiary/aromatic N) is 7. The van der Waals surface area contributed by atoms with Crippen LogP contribution in [0.1, 0.15) is 43.6 Å². The van der Waals surface area contributed by atoms with Gasteiger partial charge >= 0.3 is 0 Å². The van der Waals surface area contributed by atoms with Gasteiger partial charge in [0.15, 0.2) is 12.1 Å². The number of pyridine rings is 3. The van der Waals surface area contributed by atoms with E-state index in [0.29, 0.717) is 40.7 Å². The van der Waals surface area contributed by atoms with Crippen LogP contribution >= 0.6 is 0 Å². The molecule has 0 bridgehead atoms. The first-order chi connectivity index (χ1) is 23.9.